The van der Waals surface area contributed by atoms with E-state index in [1.54, 1.807) is 0 Å². The summed E-state index contributed by atoms with van der Waals surface area (Å²) in [5, 5.41) is 0. The molecule has 0 heterocycles. The van der Waals surface area contributed by atoms with E-state index in [9.17, 15) is 0 Å². The molecule has 3 nitrogen and oxygen atoms in total. The van der Waals surface area contributed by atoms with Crippen molar-refractivity contribution in [2.24, 2.45) is 5.73 Å². The molecule has 1 atom stereocenters. The van der Waals surface area contributed by atoms with Gasteiger partial charge in [-0.15, -0.1) is 0 Å². The Bertz CT molecular complexity index is 131. The van der Waals surface area contributed by atoms with E-state index < -0.39 is 0 Å². The normalized spacial score (nSPS) is 15.9. The fourth-order valence-corrected chi connectivity index (χ4v) is 1.27. The third-order valence-electron chi connectivity index (χ3n) is 2.93. The maximum Gasteiger partial charge on any atom is 0.0774 e. The third-order valence-corrected chi connectivity index (χ3v) is 2.93. The molecule has 2 N–H and O–H groups in total. The molecule has 0 spiro atoms. The second-order valence-corrected chi connectivity index (χ2v) is 3.88. The molecule has 0 saturated carbocycles. The molecule has 0 rings (SSSR count). The minimum Gasteiger partial charge on any atom is -0.373 e. The van der Waals surface area contributed by atoms with Crippen molar-refractivity contribution in [3.8, 4) is 0 Å². The maximum absolute atomic E-state index is 5.80. The fraction of sp³-hybridized carbons (Fsp3) is 1.00. The van der Waals surface area contributed by atoms with Crippen LogP contribution >= 0.6 is 0 Å². The van der Waals surface area contributed by atoms with Crippen LogP contribution in [0.4, 0.5) is 0 Å². The van der Waals surface area contributed by atoms with Gasteiger partial charge in [0.2, 0.25) is 0 Å². The number of hydrogen-bond acceptors (Lipinski definition) is 3. The minimum atomic E-state index is -0.132. The zero-order valence-electron chi connectivity index (χ0n) is 10.2. The molecule has 0 aliphatic heterocycles. The molecular formula is C11H26N2O. The summed E-state index contributed by atoms with van der Waals surface area (Å²) in [6.45, 7) is 13.1. The van der Waals surface area contributed by atoms with Crippen molar-refractivity contribution in [3.05, 3.63) is 0 Å². The van der Waals surface area contributed by atoms with Crippen molar-refractivity contribution < 1.29 is 4.74 Å². The Balaban J connectivity index is 3.70. The van der Waals surface area contributed by atoms with E-state index in [-0.39, 0.29) is 5.60 Å². The number of ether oxygens (including phenoxy) is 1. The lowest BCUT2D eigenvalue weighted by Gasteiger charge is -2.28. The van der Waals surface area contributed by atoms with Gasteiger partial charge in [-0.25, -0.2) is 0 Å². The smallest absolute Gasteiger partial charge is 0.0774 e. The Kier molecular flexibility index (Phi) is 7.15. The predicted molar refractivity (Wildman–Crippen MR) is 61.5 cm³/mol. The van der Waals surface area contributed by atoms with Crippen molar-refractivity contribution in [3.63, 3.8) is 0 Å². The van der Waals surface area contributed by atoms with Gasteiger partial charge in [0.1, 0.15) is 0 Å². The van der Waals surface area contributed by atoms with Gasteiger partial charge < -0.3 is 15.4 Å². The van der Waals surface area contributed by atoms with Crippen LogP contribution in [0.1, 0.15) is 34.1 Å². The van der Waals surface area contributed by atoms with E-state index in [4.69, 9.17) is 10.5 Å². The van der Waals surface area contributed by atoms with E-state index in [2.05, 4.69) is 32.6 Å². The zero-order chi connectivity index (χ0) is 11.0. The highest BCUT2D eigenvalue weighted by molar-refractivity contribution is 4.74. The first-order valence-corrected chi connectivity index (χ1v) is 5.68. The monoisotopic (exact) mass is 202 g/mol. The van der Waals surface area contributed by atoms with Gasteiger partial charge in [-0.2, -0.15) is 0 Å². The molecule has 0 aromatic rings. The average molecular weight is 202 g/mol. The number of likely N-dealkylation sites (N-methyl/N-ethyl adjacent to an activating group) is 1. The summed E-state index contributed by atoms with van der Waals surface area (Å²) >= 11 is 0. The Labute approximate surface area is 88.6 Å². The van der Waals surface area contributed by atoms with Crippen LogP contribution in [0.5, 0.6) is 0 Å². The van der Waals surface area contributed by atoms with Gasteiger partial charge in [0.05, 0.1) is 12.2 Å². The van der Waals surface area contributed by atoms with Gasteiger partial charge in [0, 0.05) is 13.1 Å². The molecule has 0 aromatic carbocycles. The van der Waals surface area contributed by atoms with Gasteiger partial charge in [-0.05, 0) is 26.4 Å². The van der Waals surface area contributed by atoms with Crippen molar-refractivity contribution in [1.82, 2.24) is 4.90 Å². The standard InChI is InChI=1S/C11H26N2O/c1-5-11(4,10-12)14-9-8-13(6-2)7-3/h5-10,12H2,1-4H3. The maximum atomic E-state index is 5.80. The molecule has 0 radical (unpaired) electrons. The van der Waals surface area contributed by atoms with Crippen molar-refractivity contribution in [2.75, 3.05) is 32.8 Å². The van der Waals surface area contributed by atoms with Crippen molar-refractivity contribution in [1.29, 1.82) is 0 Å². The highest BCUT2D eigenvalue weighted by atomic mass is 16.5. The van der Waals surface area contributed by atoms with Gasteiger partial charge in [0.25, 0.3) is 0 Å². The molecule has 3 heteroatoms. The first-order chi connectivity index (χ1) is 6.61. The number of nitrogens with zero attached hydrogens (tertiary/aromatic N) is 1. The Hall–Kier alpha value is -0.120. The molecule has 0 aromatic heterocycles. The summed E-state index contributed by atoms with van der Waals surface area (Å²) in [5.74, 6) is 0. The molecule has 0 amide bonds. The van der Waals surface area contributed by atoms with Crippen LogP contribution in [0.15, 0.2) is 0 Å². The average Bonchev–Trinajstić information content (AvgIpc) is 2.24. The molecule has 0 fully saturated rings. The Morgan fingerprint density at radius 2 is 1.79 bits per heavy atom. The fourth-order valence-electron chi connectivity index (χ4n) is 1.27. The van der Waals surface area contributed by atoms with Gasteiger partial charge in [0.15, 0.2) is 0 Å². The van der Waals surface area contributed by atoms with E-state index in [1.807, 2.05) is 0 Å². The largest absolute Gasteiger partial charge is 0.373 e. The van der Waals surface area contributed by atoms with Crippen LogP contribution in [0.2, 0.25) is 0 Å². The third kappa shape index (κ3) is 4.94. The molecule has 1 unspecified atom stereocenters. The Morgan fingerprint density at radius 3 is 2.14 bits per heavy atom. The first-order valence-electron chi connectivity index (χ1n) is 5.68. The van der Waals surface area contributed by atoms with Gasteiger partial charge >= 0.3 is 0 Å². The van der Waals surface area contributed by atoms with Crippen LogP contribution < -0.4 is 5.73 Å². The molecule has 0 aliphatic carbocycles. The number of rotatable bonds is 8. The van der Waals surface area contributed by atoms with E-state index in [0.717, 1.165) is 32.7 Å². The number of hydrogen-bond donors (Lipinski definition) is 1. The molecule has 0 bridgehead atoms. The van der Waals surface area contributed by atoms with Crippen molar-refractivity contribution in [2.45, 2.75) is 39.7 Å². The van der Waals surface area contributed by atoms with Crippen LogP contribution in [0.25, 0.3) is 0 Å². The van der Waals surface area contributed by atoms with Crippen LogP contribution in [0.3, 0.4) is 0 Å². The zero-order valence-corrected chi connectivity index (χ0v) is 10.2. The first kappa shape index (κ1) is 13.9. The topological polar surface area (TPSA) is 38.5 Å². The summed E-state index contributed by atoms with van der Waals surface area (Å²) < 4.78 is 5.80. The lowest BCUT2D eigenvalue weighted by molar-refractivity contribution is -0.0348. The molecular weight excluding hydrogens is 176 g/mol. The summed E-state index contributed by atoms with van der Waals surface area (Å²) in [4.78, 5) is 2.35. The van der Waals surface area contributed by atoms with E-state index in [1.165, 1.54) is 0 Å². The van der Waals surface area contributed by atoms with E-state index >= 15 is 0 Å². The minimum absolute atomic E-state index is 0.132. The summed E-state index contributed by atoms with van der Waals surface area (Å²) in [6.07, 6.45) is 0.974. The second-order valence-electron chi connectivity index (χ2n) is 3.88. The lowest BCUT2D eigenvalue weighted by atomic mass is 10.0. The summed E-state index contributed by atoms with van der Waals surface area (Å²) in [7, 11) is 0. The van der Waals surface area contributed by atoms with Gasteiger partial charge in [-0.1, -0.05) is 20.8 Å². The second kappa shape index (κ2) is 7.21. The quantitative estimate of drug-likeness (QED) is 0.648. The lowest BCUT2D eigenvalue weighted by Crippen LogP contribution is -2.39. The highest BCUT2D eigenvalue weighted by Gasteiger charge is 2.20. The molecule has 14 heavy (non-hydrogen) atoms. The predicted octanol–water partition coefficient (Wildman–Crippen LogP) is 1.47. The van der Waals surface area contributed by atoms with Crippen LogP contribution in [-0.2, 0) is 4.74 Å². The Morgan fingerprint density at radius 1 is 1.21 bits per heavy atom. The molecule has 0 aliphatic rings. The highest BCUT2D eigenvalue weighted by Crippen LogP contribution is 2.12. The van der Waals surface area contributed by atoms with E-state index in [0.29, 0.717) is 6.54 Å². The van der Waals surface area contributed by atoms with Crippen LogP contribution in [0, 0.1) is 0 Å². The molecule has 0 saturated heterocycles. The van der Waals surface area contributed by atoms with Gasteiger partial charge in [-0.3, -0.25) is 0 Å². The summed E-state index contributed by atoms with van der Waals surface area (Å²) in [6, 6.07) is 0. The van der Waals surface area contributed by atoms with Crippen LogP contribution in [-0.4, -0.2) is 43.3 Å². The summed E-state index contributed by atoms with van der Waals surface area (Å²) in [5.41, 5.74) is 5.53. The SMILES string of the molecule is CCN(CC)CCOC(C)(CC)CN. The number of nitrogens with two attached hydrogens (primary N) is 1. The van der Waals surface area contributed by atoms with Crippen molar-refractivity contribution >= 4 is 0 Å². The molecule has 86 valence electrons.